The summed E-state index contributed by atoms with van der Waals surface area (Å²) in [5.74, 6) is -1.03. The molecule has 1 aromatic carbocycles. The molecule has 17 heavy (non-hydrogen) atoms. The Morgan fingerprint density at radius 1 is 1.24 bits per heavy atom. The molecule has 0 radical (unpaired) electrons. The van der Waals surface area contributed by atoms with Crippen LogP contribution in [-0.4, -0.2) is 31.3 Å². The van der Waals surface area contributed by atoms with Crippen LogP contribution in [0.3, 0.4) is 0 Å². The summed E-state index contributed by atoms with van der Waals surface area (Å²) in [7, 11) is 0. The standard InChI is InChI=1S/C12H16F2N2O/c1-9(15-16-5-7-17-8-6-16)12-10(13)3-2-4-11(12)14/h2-4,9,15H,5-8H2,1H3. The Hall–Kier alpha value is -1.04. The zero-order valence-corrected chi connectivity index (χ0v) is 9.75. The Morgan fingerprint density at radius 2 is 1.82 bits per heavy atom. The average Bonchev–Trinajstić information content (AvgIpc) is 2.30. The topological polar surface area (TPSA) is 24.5 Å². The molecule has 0 amide bonds. The number of benzene rings is 1. The highest BCUT2D eigenvalue weighted by atomic mass is 19.1. The fourth-order valence-corrected chi connectivity index (χ4v) is 1.96. The van der Waals surface area contributed by atoms with Gasteiger partial charge in [-0.1, -0.05) is 6.07 Å². The lowest BCUT2D eigenvalue weighted by atomic mass is 10.1. The van der Waals surface area contributed by atoms with E-state index in [9.17, 15) is 8.78 Å². The van der Waals surface area contributed by atoms with Crippen molar-refractivity contribution in [2.45, 2.75) is 13.0 Å². The summed E-state index contributed by atoms with van der Waals surface area (Å²) in [6.07, 6.45) is 0. The van der Waals surface area contributed by atoms with Crippen molar-refractivity contribution in [3.8, 4) is 0 Å². The molecular weight excluding hydrogens is 226 g/mol. The normalized spacial score (nSPS) is 19.2. The second-order valence-corrected chi connectivity index (χ2v) is 4.09. The van der Waals surface area contributed by atoms with Gasteiger partial charge >= 0.3 is 0 Å². The van der Waals surface area contributed by atoms with Crippen LogP contribution in [0.1, 0.15) is 18.5 Å². The van der Waals surface area contributed by atoms with Crippen molar-refractivity contribution >= 4 is 0 Å². The van der Waals surface area contributed by atoms with Crippen LogP contribution in [0.4, 0.5) is 8.78 Å². The van der Waals surface area contributed by atoms with Crippen molar-refractivity contribution in [1.29, 1.82) is 0 Å². The van der Waals surface area contributed by atoms with Gasteiger partial charge in [-0.25, -0.2) is 19.2 Å². The van der Waals surface area contributed by atoms with Gasteiger partial charge in [-0.2, -0.15) is 0 Å². The first kappa shape index (κ1) is 12.4. The fourth-order valence-electron chi connectivity index (χ4n) is 1.96. The Morgan fingerprint density at radius 3 is 2.41 bits per heavy atom. The summed E-state index contributed by atoms with van der Waals surface area (Å²) in [4.78, 5) is 0. The van der Waals surface area contributed by atoms with Gasteiger partial charge in [-0.05, 0) is 19.1 Å². The van der Waals surface area contributed by atoms with Crippen molar-refractivity contribution in [1.82, 2.24) is 10.4 Å². The van der Waals surface area contributed by atoms with E-state index in [1.165, 1.54) is 18.2 Å². The molecule has 1 atom stereocenters. The minimum atomic E-state index is -0.516. The van der Waals surface area contributed by atoms with Crippen molar-refractivity contribution in [3.63, 3.8) is 0 Å². The van der Waals surface area contributed by atoms with Crippen LogP contribution >= 0.6 is 0 Å². The van der Waals surface area contributed by atoms with E-state index >= 15 is 0 Å². The number of hydrogen-bond donors (Lipinski definition) is 1. The van der Waals surface area contributed by atoms with Gasteiger partial charge in [0.25, 0.3) is 0 Å². The Balaban J connectivity index is 2.05. The highest BCUT2D eigenvalue weighted by Gasteiger charge is 2.19. The van der Waals surface area contributed by atoms with E-state index in [0.717, 1.165) is 13.1 Å². The molecule has 1 N–H and O–H groups in total. The summed E-state index contributed by atoms with van der Waals surface area (Å²) in [5, 5.41) is 1.93. The van der Waals surface area contributed by atoms with E-state index in [0.29, 0.717) is 13.2 Å². The number of hydrazine groups is 1. The highest BCUT2D eigenvalue weighted by molar-refractivity contribution is 5.22. The molecule has 1 aromatic rings. The van der Waals surface area contributed by atoms with E-state index in [2.05, 4.69) is 5.43 Å². The lowest BCUT2D eigenvalue weighted by Gasteiger charge is -2.30. The summed E-state index contributed by atoms with van der Waals surface area (Å²) in [5.41, 5.74) is 3.17. The Bertz CT molecular complexity index is 361. The van der Waals surface area contributed by atoms with Crippen molar-refractivity contribution in [2.75, 3.05) is 26.3 Å². The molecule has 5 heteroatoms. The molecule has 0 aromatic heterocycles. The van der Waals surface area contributed by atoms with Crippen LogP contribution in [0.25, 0.3) is 0 Å². The highest BCUT2D eigenvalue weighted by Crippen LogP contribution is 2.20. The van der Waals surface area contributed by atoms with Gasteiger partial charge in [0.05, 0.1) is 13.2 Å². The SMILES string of the molecule is CC(NN1CCOCC1)c1c(F)cccc1F. The lowest BCUT2D eigenvalue weighted by molar-refractivity contribution is 0.00433. The third-order valence-electron chi connectivity index (χ3n) is 2.82. The van der Waals surface area contributed by atoms with E-state index in [1.807, 2.05) is 5.01 Å². The quantitative estimate of drug-likeness (QED) is 0.875. The van der Waals surface area contributed by atoms with Crippen LogP contribution in [0.15, 0.2) is 18.2 Å². The van der Waals surface area contributed by atoms with Crippen LogP contribution in [0.5, 0.6) is 0 Å². The zero-order chi connectivity index (χ0) is 12.3. The van der Waals surface area contributed by atoms with Gasteiger partial charge in [-0.15, -0.1) is 0 Å². The van der Waals surface area contributed by atoms with Gasteiger partial charge in [0, 0.05) is 24.7 Å². The second kappa shape index (κ2) is 5.53. The first-order valence-corrected chi connectivity index (χ1v) is 5.71. The molecular formula is C12H16F2N2O. The molecule has 0 spiro atoms. The Labute approximate surface area is 99.3 Å². The van der Waals surface area contributed by atoms with E-state index in [1.54, 1.807) is 6.92 Å². The van der Waals surface area contributed by atoms with Gasteiger partial charge in [0.2, 0.25) is 0 Å². The van der Waals surface area contributed by atoms with E-state index < -0.39 is 17.7 Å². The van der Waals surface area contributed by atoms with Gasteiger partial charge in [0.15, 0.2) is 0 Å². The minimum Gasteiger partial charge on any atom is -0.379 e. The van der Waals surface area contributed by atoms with Crippen LogP contribution < -0.4 is 5.43 Å². The fraction of sp³-hybridized carbons (Fsp3) is 0.500. The molecule has 0 aliphatic carbocycles. The predicted molar refractivity (Wildman–Crippen MR) is 60.3 cm³/mol. The summed E-state index contributed by atoms with van der Waals surface area (Å²) < 4.78 is 32.3. The maximum Gasteiger partial charge on any atom is 0.130 e. The maximum atomic E-state index is 13.5. The number of nitrogens with one attached hydrogen (secondary N) is 1. The molecule has 0 saturated carbocycles. The molecule has 1 heterocycles. The number of ether oxygens (including phenoxy) is 1. The van der Waals surface area contributed by atoms with E-state index in [4.69, 9.17) is 4.74 Å². The minimum absolute atomic E-state index is 0.0824. The molecule has 1 fully saturated rings. The largest absolute Gasteiger partial charge is 0.379 e. The second-order valence-electron chi connectivity index (χ2n) is 4.09. The van der Waals surface area contributed by atoms with Gasteiger partial charge in [0.1, 0.15) is 11.6 Å². The number of nitrogens with zero attached hydrogens (tertiary/aromatic N) is 1. The lowest BCUT2D eigenvalue weighted by Crippen LogP contribution is -2.46. The van der Waals surface area contributed by atoms with Crippen molar-refractivity contribution in [3.05, 3.63) is 35.4 Å². The summed E-state index contributed by atoms with van der Waals surface area (Å²) in [6, 6.07) is 3.52. The molecule has 1 aliphatic rings. The monoisotopic (exact) mass is 242 g/mol. The van der Waals surface area contributed by atoms with Crippen LogP contribution in [0, 0.1) is 11.6 Å². The number of rotatable bonds is 3. The van der Waals surface area contributed by atoms with Crippen molar-refractivity contribution < 1.29 is 13.5 Å². The third kappa shape index (κ3) is 3.00. The molecule has 0 bridgehead atoms. The molecule has 3 nitrogen and oxygen atoms in total. The Kier molecular flexibility index (Phi) is 4.04. The number of halogens is 2. The molecule has 94 valence electrons. The average molecular weight is 242 g/mol. The number of morpholine rings is 1. The molecule has 1 unspecified atom stereocenters. The molecule has 1 aliphatic heterocycles. The third-order valence-corrected chi connectivity index (χ3v) is 2.82. The van der Waals surface area contributed by atoms with Crippen molar-refractivity contribution in [2.24, 2.45) is 0 Å². The van der Waals surface area contributed by atoms with Gasteiger partial charge in [-0.3, -0.25) is 0 Å². The smallest absolute Gasteiger partial charge is 0.130 e. The predicted octanol–water partition coefficient (Wildman–Crippen LogP) is 1.86. The van der Waals surface area contributed by atoms with Crippen LogP contribution in [-0.2, 0) is 4.74 Å². The zero-order valence-electron chi connectivity index (χ0n) is 9.75. The van der Waals surface area contributed by atoms with E-state index in [-0.39, 0.29) is 5.56 Å². The molecule has 2 rings (SSSR count). The number of hydrogen-bond acceptors (Lipinski definition) is 3. The first-order chi connectivity index (χ1) is 8.18. The van der Waals surface area contributed by atoms with Gasteiger partial charge < -0.3 is 4.74 Å². The van der Waals surface area contributed by atoms with Crippen LogP contribution in [0.2, 0.25) is 0 Å². The maximum absolute atomic E-state index is 13.5. The summed E-state index contributed by atoms with van der Waals surface area (Å²) in [6.45, 7) is 4.47. The molecule has 1 saturated heterocycles. The summed E-state index contributed by atoms with van der Waals surface area (Å²) >= 11 is 0. The first-order valence-electron chi connectivity index (χ1n) is 5.71.